The van der Waals surface area contributed by atoms with Gasteiger partial charge in [-0.2, -0.15) is 15.8 Å². The Kier molecular flexibility index (Phi) is 3.32. The van der Waals surface area contributed by atoms with Crippen molar-refractivity contribution in [3.05, 3.63) is 59.2 Å². The Morgan fingerprint density at radius 2 is 1.59 bits per heavy atom. The van der Waals surface area contributed by atoms with Crippen molar-refractivity contribution < 1.29 is 0 Å². The molecule has 0 aliphatic rings. The number of rotatable bonds is 2. The van der Waals surface area contributed by atoms with Gasteiger partial charge in [0.2, 0.25) is 0 Å². The number of allylic oxidation sites excluding steroid dienone is 2. The summed E-state index contributed by atoms with van der Waals surface area (Å²) in [6, 6.07) is 19.4. The van der Waals surface area contributed by atoms with Crippen molar-refractivity contribution in [2.24, 2.45) is 0 Å². The van der Waals surface area contributed by atoms with Gasteiger partial charge in [-0.1, -0.05) is 36.4 Å². The van der Waals surface area contributed by atoms with Gasteiger partial charge in [-0.25, -0.2) is 0 Å². The van der Waals surface area contributed by atoms with E-state index in [-0.39, 0.29) is 17.6 Å². The summed E-state index contributed by atoms with van der Waals surface area (Å²) in [5.74, 6) is 0. The molecule has 0 saturated carbocycles. The van der Waals surface area contributed by atoms with Crippen LogP contribution in [0.1, 0.15) is 5.56 Å². The van der Waals surface area contributed by atoms with Gasteiger partial charge in [-0.05, 0) is 11.6 Å². The van der Waals surface area contributed by atoms with Crippen LogP contribution in [0.25, 0.3) is 21.8 Å². The van der Waals surface area contributed by atoms with E-state index < -0.39 is 0 Å². The molecule has 0 unspecified atom stereocenters. The van der Waals surface area contributed by atoms with Crippen LogP contribution in [0.3, 0.4) is 0 Å². The average Bonchev–Trinajstić information content (AvgIpc) is 2.94. The number of hydrogen-bond acceptors (Lipinski definition) is 3. The summed E-state index contributed by atoms with van der Waals surface area (Å²) in [4.78, 5) is 3.35. The summed E-state index contributed by atoms with van der Waals surface area (Å²) >= 11 is 0. The first-order valence-corrected chi connectivity index (χ1v) is 6.70. The molecule has 0 bridgehead atoms. The van der Waals surface area contributed by atoms with Gasteiger partial charge < -0.3 is 4.98 Å². The molecule has 3 aromatic rings. The SMILES string of the molecule is N#CC(C#N)=C(C#N)Cc1cccc2c1[nH]c1ccccc12. The number of para-hydroxylation sites is 2. The quantitative estimate of drug-likeness (QED) is 0.726. The topological polar surface area (TPSA) is 87.2 Å². The van der Waals surface area contributed by atoms with Crippen LogP contribution in [-0.2, 0) is 6.42 Å². The highest BCUT2D eigenvalue weighted by Crippen LogP contribution is 2.28. The molecule has 1 heterocycles. The Labute approximate surface area is 127 Å². The second-order valence-corrected chi connectivity index (χ2v) is 4.88. The standard InChI is InChI=1S/C18H10N4/c19-9-13(14(10-20)11-21)8-12-4-3-6-16-15-5-1-2-7-17(15)22-18(12)16/h1-7,22H,8H2. The van der Waals surface area contributed by atoms with Gasteiger partial charge in [-0.15, -0.1) is 0 Å². The molecule has 0 aliphatic heterocycles. The third kappa shape index (κ3) is 2.08. The van der Waals surface area contributed by atoms with Crippen molar-refractivity contribution in [3.63, 3.8) is 0 Å². The maximum absolute atomic E-state index is 9.21. The van der Waals surface area contributed by atoms with Gasteiger partial charge in [0.25, 0.3) is 0 Å². The van der Waals surface area contributed by atoms with E-state index in [1.807, 2.05) is 48.5 Å². The van der Waals surface area contributed by atoms with Crippen molar-refractivity contribution in [2.45, 2.75) is 6.42 Å². The van der Waals surface area contributed by atoms with Crippen molar-refractivity contribution in [1.82, 2.24) is 4.98 Å². The molecule has 1 N–H and O–H groups in total. The fourth-order valence-electron chi connectivity index (χ4n) is 2.62. The highest BCUT2D eigenvalue weighted by molar-refractivity contribution is 6.08. The monoisotopic (exact) mass is 282 g/mol. The lowest BCUT2D eigenvalue weighted by Crippen LogP contribution is -1.93. The summed E-state index contributed by atoms with van der Waals surface area (Å²) < 4.78 is 0. The van der Waals surface area contributed by atoms with E-state index in [0.29, 0.717) is 0 Å². The van der Waals surface area contributed by atoms with E-state index in [9.17, 15) is 5.26 Å². The van der Waals surface area contributed by atoms with E-state index in [1.54, 1.807) is 12.1 Å². The summed E-state index contributed by atoms with van der Waals surface area (Å²) in [6.45, 7) is 0. The second-order valence-electron chi connectivity index (χ2n) is 4.88. The number of benzene rings is 2. The molecule has 1 aromatic heterocycles. The molecule has 22 heavy (non-hydrogen) atoms. The zero-order valence-electron chi connectivity index (χ0n) is 11.6. The Hall–Kier alpha value is -3.55. The molecule has 2 aromatic carbocycles. The van der Waals surface area contributed by atoms with Crippen LogP contribution in [-0.4, -0.2) is 4.98 Å². The summed E-state index contributed by atoms with van der Waals surface area (Å²) in [5, 5.41) is 29.3. The first-order chi connectivity index (χ1) is 10.8. The van der Waals surface area contributed by atoms with Gasteiger partial charge in [0.05, 0.1) is 17.2 Å². The zero-order valence-corrected chi connectivity index (χ0v) is 11.6. The highest BCUT2D eigenvalue weighted by Gasteiger charge is 2.12. The molecule has 3 rings (SSSR count). The number of aromatic amines is 1. The van der Waals surface area contributed by atoms with Crippen LogP contribution in [0, 0.1) is 34.0 Å². The lowest BCUT2D eigenvalue weighted by molar-refractivity contribution is 1.19. The number of nitrogens with zero attached hydrogens (tertiary/aromatic N) is 3. The average molecular weight is 282 g/mol. The fraction of sp³-hybridized carbons (Fsp3) is 0.0556. The number of fused-ring (bicyclic) bond motifs is 3. The Bertz CT molecular complexity index is 1020. The maximum Gasteiger partial charge on any atom is 0.143 e. The fourth-order valence-corrected chi connectivity index (χ4v) is 2.62. The van der Waals surface area contributed by atoms with Gasteiger partial charge in [0.15, 0.2) is 0 Å². The lowest BCUT2D eigenvalue weighted by atomic mass is 10.00. The number of hydrogen-bond donors (Lipinski definition) is 1. The van der Waals surface area contributed by atoms with Crippen molar-refractivity contribution in [3.8, 4) is 18.2 Å². The molecular formula is C18H10N4. The van der Waals surface area contributed by atoms with Gasteiger partial charge in [-0.3, -0.25) is 0 Å². The van der Waals surface area contributed by atoms with Crippen LogP contribution in [0.5, 0.6) is 0 Å². The van der Waals surface area contributed by atoms with Crippen LogP contribution >= 0.6 is 0 Å². The summed E-state index contributed by atoms with van der Waals surface area (Å²) in [7, 11) is 0. The van der Waals surface area contributed by atoms with Gasteiger partial charge in [0.1, 0.15) is 17.7 Å². The van der Waals surface area contributed by atoms with Crippen molar-refractivity contribution in [1.29, 1.82) is 15.8 Å². The molecule has 0 fully saturated rings. The van der Waals surface area contributed by atoms with Crippen LogP contribution in [0.2, 0.25) is 0 Å². The molecule has 0 radical (unpaired) electrons. The van der Waals surface area contributed by atoms with E-state index in [4.69, 9.17) is 10.5 Å². The third-order valence-electron chi connectivity index (χ3n) is 3.66. The Morgan fingerprint density at radius 1 is 0.864 bits per heavy atom. The predicted octanol–water partition coefficient (Wildman–Crippen LogP) is 3.73. The first kappa shape index (κ1) is 13.4. The Balaban J connectivity index is 2.21. The molecule has 4 nitrogen and oxygen atoms in total. The minimum atomic E-state index is -0.129. The molecule has 0 saturated heterocycles. The number of aromatic nitrogens is 1. The second kappa shape index (κ2) is 5.44. The molecule has 4 heteroatoms. The number of nitriles is 3. The normalized spacial score (nSPS) is 9.86. The molecule has 102 valence electrons. The van der Waals surface area contributed by atoms with Crippen LogP contribution < -0.4 is 0 Å². The van der Waals surface area contributed by atoms with E-state index in [0.717, 1.165) is 27.4 Å². The molecule has 0 spiro atoms. The Morgan fingerprint density at radius 3 is 2.32 bits per heavy atom. The third-order valence-corrected chi connectivity index (χ3v) is 3.66. The minimum Gasteiger partial charge on any atom is -0.354 e. The predicted molar refractivity (Wildman–Crippen MR) is 83.4 cm³/mol. The molecular weight excluding hydrogens is 272 g/mol. The summed E-state index contributed by atoms with van der Waals surface area (Å²) in [6.07, 6.45) is 0.261. The molecule has 0 atom stereocenters. The number of H-pyrrole nitrogens is 1. The van der Waals surface area contributed by atoms with E-state index in [1.165, 1.54) is 0 Å². The molecule has 0 amide bonds. The maximum atomic E-state index is 9.21. The van der Waals surface area contributed by atoms with Gasteiger partial charge in [0, 0.05) is 22.7 Å². The van der Waals surface area contributed by atoms with Crippen molar-refractivity contribution in [2.75, 3.05) is 0 Å². The number of nitrogens with one attached hydrogen (secondary N) is 1. The van der Waals surface area contributed by atoms with E-state index >= 15 is 0 Å². The van der Waals surface area contributed by atoms with Crippen LogP contribution in [0.15, 0.2) is 53.6 Å². The first-order valence-electron chi connectivity index (χ1n) is 6.70. The summed E-state index contributed by atoms with van der Waals surface area (Å²) in [5.41, 5.74) is 2.92. The van der Waals surface area contributed by atoms with Crippen LogP contribution in [0.4, 0.5) is 0 Å². The smallest absolute Gasteiger partial charge is 0.143 e. The van der Waals surface area contributed by atoms with Gasteiger partial charge >= 0.3 is 0 Å². The minimum absolute atomic E-state index is 0.129. The molecule has 0 aliphatic carbocycles. The lowest BCUT2D eigenvalue weighted by Gasteiger charge is -2.02. The highest BCUT2D eigenvalue weighted by atomic mass is 14.7. The van der Waals surface area contributed by atoms with Crippen molar-refractivity contribution >= 4 is 21.8 Å². The van der Waals surface area contributed by atoms with E-state index in [2.05, 4.69) is 4.98 Å². The zero-order chi connectivity index (χ0) is 15.5. The largest absolute Gasteiger partial charge is 0.354 e.